The fourth-order valence-corrected chi connectivity index (χ4v) is 11.2. The summed E-state index contributed by atoms with van der Waals surface area (Å²) in [5.74, 6) is 3.34. The number of hydrogen-bond acceptors (Lipinski definition) is 3. The highest BCUT2D eigenvalue weighted by atomic mass is 32.3. The third kappa shape index (κ3) is 5.24. The third-order valence-electron chi connectivity index (χ3n) is 8.89. The first kappa shape index (κ1) is 30.5. The second-order valence-corrected chi connectivity index (χ2v) is 21.8. The van der Waals surface area contributed by atoms with Crippen LogP contribution in [0, 0.1) is 0 Å². The molecule has 0 N–H and O–H groups in total. The van der Waals surface area contributed by atoms with Crippen LogP contribution in [0.2, 0.25) is 0 Å². The molecule has 4 aromatic carbocycles. The van der Waals surface area contributed by atoms with Crippen molar-refractivity contribution in [1.82, 2.24) is 0 Å². The molecule has 3 nitrogen and oxygen atoms in total. The van der Waals surface area contributed by atoms with Gasteiger partial charge in [0.1, 0.15) is 0 Å². The minimum Gasteiger partial charge on any atom is -0.407 e. The average molecular weight is 608 g/mol. The summed E-state index contributed by atoms with van der Waals surface area (Å²) < 4.78 is 17.1. The van der Waals surface area contributed by atoms with Crippen molar-refractivity contribution in [2.45, 2.75) is 70.3 Å². The standard InChI is InChI=1S/C34H47BNO2PS2/c1-10-40(8,11-2)29-21-25-17-13-15-19-27(25)31-32-28-20-16-14-18-26(28)22-30(41(9,35)12-3)34(32)38-39(37-33(29)31)36(23(4)5)24(6)7/h13-24H,10-12,35H2,1-9H3. The molecule has 220 valence electrons. The lowest BCUT2D eigenvalue weighted by atomic mass is 9.98. The highest BCUT2D eigenvalue weighted by molar-refractivity contribution is 8.49. The van der Waals surface area contributed by atoms with Crippen molar-refractivity contribution in [1.29, 1.82) is 0 Å². The Morgan fingerprint density at radius 3 is 1.59 bits per heavy atom. The Labute approximate surface area is 251 Å². The summed E-state index contributed by atoms with van der Waals surface area (Å²) in [6.07, 6.45) is 4.92. The van der Waals surface area contributed by atoms with Gasteiger partial charge in [0.2, 0.25) is 0 Å². The van der Waals surface area contributed by atoms with Gasteiger partial charge in [-0.05, 0) is 91.1 Å². The Morgan fingerprint density at radius 2 is 1.15 bits per heavy atom. The topological polar surface area (TPSA) is 29.5 Å². The minimum atomic E-state index is -1.41. The fourth-order valence-electron chi connectivity index (χ4n) is 5.97. The number of benzene rings is 4. The van der Waals surface area contributed by atoms with Crippen molar-refractivity contribution in [3.63, 3.8) is 0 Å². The zero-order valence-electron chi connectivity index (χ0n) is 26.6. The summed E-state index contributed by atoms with van der Waals surface area (Å²) in [4.78, 5) is 2.73. The zero-order chi connectivity index (χ0) is 29.7. The second kappa shape index (κ2) is 11.6. The molecule has 0 bridgehead atoms. The largest absolute Gasteiger partial charge is 0.407 e. The van der Waals surface area contributed by atoms with E-state index in [9.17, 15) is 0 Å². The summed E-state index contributed by atoms with van der Waals surface area (Å²) >= 11 is 0. The first-order chi connectivity index (χ1) is 19.5. The van der Waals surface area contributed by atoms with Crippen molar-refractivity contribution in [3.05, 3.63) is 60.7 Å². The SMILES string of the molecule is BS(C)(CC)c1cc2ccccc2c2c1op(N(C(C)C)C(C)C)oc1c(S(C)(CC)CC)cc3ccccc3c12. The molecule has 0 saturated carbocycles. The molecule has 0 fully saturated rings. The lowest BCUT2D eigenvalue weighted by Gasteiger charge is -2.34. The summed E-state index contributed by atoms with van der Waals surface area (Å²) in [7, 11) is -1.21. The van der Waals surface area contributed by atoms with Crippen molar-refractivity contribution in [3.8, 4) is 0 Å². The quantitative estimate of drug-likeness (QED) is 0.164. The molecule has 1 heterocycles. The van der Waals surface area contributed by atoms with E-state index in [4.69, 9.17) is 8.39 Å². The van der Waals surface area contributed by atoms with Crippen molar-refractivity contribution >= 4 is 78.7 Å². The number of rotatable bonds is 8. The molecule has 0 amide bonds. The maximum atomic E-state index is 7.36. The predicted octanol–water partition coefficient (Wildman–Crippen LogP) is 10.5. The Hall–Kier alpha value is -1.98. The van der Waals surface area contributed by atoms with Crippen molar-refractivity contribution in [2.75, 3.05) is 34.4 Å². The summed E-state index contributed by atoms with van der Waals surface area (Å²) in [5.41, 5.74) is 2.08. The molecule has 41 heavy (non-hydrogen) atoms. The van der Waals surface area contributed by atoms with Crippen LogP contribution in [0.25, 0.3) is 43.5 Å². The molecule has 0 aliphatic heterocycles. The van der Waals surface area contributed by atoms with Crippen LogP contribution >= 0.6 is 28.1 Å². The number of fused-ring (bicyclic) bond motifs is 7. The first-order valence-electron chi connectivity index (χ1n) is 15.0. The summed E-state index contributed by atoms with van der Waals surface area (Å²) in [6.45, 7) is 16.1. The maximum absolute atomic E-state index is 7.36. The molecule has 5 rings (SSSR count). The van der Waals surface area contributed by atoms with Crippen molar-refractivity contribution in [2.24, 2.45) is 0 Å². The van der Waals surface area contributed by atoms with E-state index in [0.29, 0.717) is 0 Å². The smallest absolute Gasteiger partial charge is 0.310 e. The van der Waals surface area contributed by atoms with Crippen LogP contribution < -0.4 is 4.67 Å². The van der Waals surface area contributed by atoms with Gasteiger partial charge in [-0.3, -0.25) is 9.88 Å². The van der Waals surface area contributed by atoms with E-state index in [-0.39, 0.29) is 12.1 Å². The van der Waals surface area contributed by atoms with Gasteiger partial charge < -0.3 is 8.39 Å². The van der Waals surface area contributed by atoms with Gasteiger partial charge in [0.05, 0.1) is 0 Å². The molecular formula is C34H47BNO2PS2. The lowest BCUT2D eigenvalue weighted by Crippen LogP contribution is -2.34. The van der Waals surface area contributed by atoms with Crippen LogP contribution in [-0.4, -0.2) is 49.0 Å². The van der Waals surface area contributed by atoms with E-state index >= 15 is 0 Å². The normalized spacial score (nSPS) is 15.9. The second-order valence-electron chi connectivity index (χ2n) is 12.3. The van der Waals surface area contributed by atoms with Gasteiger partial charge in [0.15, 0.2) is 18.3 Å². The molecule has 0 aliphatic carbocycles. The lowest BCUT2D eigenvalue weighted by molar-refractivity contribution is 0.567. The van der Waals surface area contributed by atoms with Gasteiger partial charge in [-0.15, -0.1) is 0 Å². The van der Waals surface area contributed by atoms with E-state index < -0.39 is 28.1 Å². The van der Waals surface area contributed by atoms with Crippen LogP contribution in [0.5, 0.6) is 0 Å². The van der Waals surface area contributed by atoms with Gasteiger partial charge in [-0.25, -0.2) is 10.0 Å². The molecule has 0 aliphatic rings. The summed E-state index contributed by atoms with van der Waals surface area (Å²) in [6, 6.07) is 23.2. The van der Waals surface area contributed by atoms with Crippen molar-refractivity contribution < 1.29 is 8.39 Å². The zero-order valence-corrected chi connectivity index (χ0v) is 29.1. The van der Waals surface area contributed by atoms with E-state index in [2.05, 4.69) is 133 Å². The van der Waals surface area contributed by atoms with Crippen LogP contribution in [0.4, 0.5) is 0 Å². The van der Waals surface area contributed by atoms with Gasteiger partial charge in [-0.2, -0.15) is 4.67 Å². The third-order valence-corrected chi connectivity index (χ3v) is 17.7. The molecule has 0 spiro atoms. The van der Waals surface area contributed by atoms with Gasteiger partial charge in [-0.1, -0.05) is 69.3 Å². The highest BCUT2D eigenvalue weighted by Gasteiger charge is 2.29. The predicted molar refractivity (Wildman–Crippen MR) is 194 cm³/mol. The van der Waals surface area contributed by atoms with E-state index in [1.807, 2.05) is 0 Å². The first-order valence-corrected chi connectivity index (χ1v) is 21.1. The monoisotopic (exact) mass is 607 g/mol. The van der Waals surface area contributed by atoms with Gasteiger partial charge in [0.25, 0.3) is 0 Å². The summed E-state index contributed by atoms with van der Waals surface area (Å²) in [5, 5.41) is 7.48. The maximum Gasteiger partial charge on any atom is 0.310 e. The molecular weight excluding hydrogens is 560 g/mol. The van der Waals surface area contributed by atoms with Crippen LogP contribution in [0.15, 0.2) is 78.8 Å². The Morgan fingerprint density at radius 1 is 0.707 bits per heavy atom. The molecule has 5 aromatic rings. The fraction of sp³-hybridized carbons (Fsp3) is 0.412. The van der Waals surface area contributed by atoms with Gasteiger partial charge >= 0.3 is 8.16 Å². The number of nitrogens with zero attached hydrogens (tertiary/aromatic N) is 1. The Balaban J connectivity index is 2.23. The molecule has 2 atom stereocenters. The molecule has 1 aromatic heterocycles. The average Bonchev–Trinajstić information content (AvgIpc) is 3.13. The van der Waals surface area contributed by atoms with E-state index in [1.165, 1.54) is 42.1 Å². The molecule has 0 radical (unpaired) electrons. The van der Waals surface area contributed by atoms with E-state index in [0.717, 1.165) is 28.4 Å². The molecule has 7 heteroatoms. The van der Waals surface area contributed by atoms with Gasteiger partial charge in [0, 0.05) is 32.6 Å². The van der Waals surface area contributed by atoms with Crippen LogP contribution in [-0.2, 0) is 0 Å². The Kier molecular flexibility index (Phi) is 8.63. The highest BCUT2D eigenvalue weighted by Crippen LogP contribution is 2.59. The number of hydrogen-bond donors (Lipinski definition) is 0. The van der Waals surface area contributed by atoms with E-state index in [1.54, 1.807) is 0 Å². The van der Waals surface area contributed by atoms with Crippen LogP contribution in [0.3, 0.4) is 0 Å². The Bertz CT molecular complexity index is 1770. The van der Waals surface area contributed by atoms with Crippen LogP contribution in [0.1, 0.15) is 48.5 Å². The molecule has 2 unspecified atom stereocenters. The molecule has 0 saturated heterocycles. The minimum absolute atomic E-state index is 0.279.